The van der Waals surface area contributed by atoms with E-state index < -0.39 is 23.7 Å². The van der Waals surface area contributed by atoms with Crippen molar-refractivity contribution in [3.05, 3.63) is 90.0 Å². The highest BCUT2D eigenvalue weighted by atomic mass is 19.1. The normalized spacial score (nSPS) is 15.5. The summed E-state index contributed by atoms with van der Waals surface area (Å²) in [7, 11) is 0. The van der Waals surface area contributed by atoms with Crippen LogP contribution >= 0.6 is 0 Å². The molecular formula is C29H28FN9O3. The lowest BCUT2D eigenvalue weighted by Crippen LogP contribution is -2.46. The molecule has 42 heavy (non-hydrogen) atoms. The number of carbonyl (C=O) groups is 2. The van der Waals surface area contributed by atoms with Gasteiger partial charge in [-0.05, 0) is 83.8 Å². The molecule has 1 fully saturated rings. The van der Waals surface area contributed by atoms with Gasteiger partial charge in [-0.3, -0.25) is 14.5 Å². The fourth-order valence-corrected chi connectivity index (χ4v) is 5.17. The molecule has 0 radical (unpaired) electrons. The first-order valence-corrected chi connectivity index (χ1v) is 13.6. The third kappa shape index (κ3) is 5.59. The van der Waals surface area contributed by atoms with Gasteiger partial charge >= 0.3 is 0 Å². The second kappa shape index (κ2) is 11.8. The first-order chi connectivity index (χ1) is 20.5. The fraction of sp³-hybridized carbons (Fsp3) is 0.276. The second-order valence-electron chi connectivity index (χ2n) is 10.1. The number of halogens is 1. The lowest BCUT2D eigenvalue weighted by molar-refractivity contribution is -0.127. The van der Waals surface area contributed by atoms with Crippen molar-refractivity contribution in [2.75, 3.05) is 18.1 Å². The highest BCUT2D eigenvalue weighted by Gasteiger charge is 2.34. The summed E-state index contributed by atoms with van der Waals surface area (Å²) < 4.78 is 22.7. The van der Waals surface area contributed by atoms with Crippen molar-refractivity contribution in [1.29, 1.82) is 0 Å². The molecule has 1 N–H and O–H groups in total. The van der Waals surface area contributed by atoms with E-state index in [1.807, 2.05) is 31.2 Å². The average molecular weight is 570 g/mol. The van der Waals surface area contributed by atoms with Crippen LogP contribution in [0.25, 0.3) is 16.7 Å². The predicted octanol–water partition coefficient (Wildman–Crippen LogP) is 2.92. The number of fused-ring (bicyclic) bond motifs is 1. The van der Waals surface area contributed by atoms with Crippen LogP contribution in [-0.4, -0.2) is 66.3 Å². The topological polar surface area (TPSA) is 133 Å². The first-order valence-electron chi connectivity index (χ1n) is 13.6. The van der Waals surface area contributed by atoms with Crippen molar-refractivity contribution in [1.82, 2.24) is 40.5 Å². The highest BCUT2D eigenvalue weighted by molar-refractivity contribution is 6.01. The SMILES string of the molecule is Cc1cc(N(C(=O)Cn2nnc3ccccc32)C(C(=O)NCC2CCCO2)c2ccc(F)cc2)ccc1-n1cnnn1. The minimum Gasteiger partial charge on any atom is -0.376 e. The lowest BCUT2D eigenvalue weighted by Gasteiger charge is -2.32. The molecule has 1 aliphatic heterocycles. The van der Waals surface area contributed by atoms with Gasteiger partial charge in [0.25, 0.3) is 0 Å². The maximum Gasteiger partial charge on any atom is 0.249 e. The number of carbonyl (C=O) groups excluding carboxylic acids is 2. The molecule has 0 bridgehead atoms. The average Bonchev–Trinajstić information content (AvgIpc) is 3.79. The number of hydrogen-bond acceptors (Lipinski definition) is 8. The molecule has 0 saturated carbocycles. The molecule has 2 unspecified atom stereocenters. The molecule has 1 aliphatic rings. The molecule has 3 aromatic carbocycles. The number of amides is 2. The summed E-state index contributed by atoms with van der Waals surface area (Å²) in [6, 6.07) is 17.1. The largest absolute Gasteiger partial charge is 0.376 e. The van der Waals surface area contributed by atoms with Crippen LogP contribution in [0.2, 0.25) is 0 Å². The summed E-state index contributed by atoms with van der Waals surface area (Å²) in [5.41, 5.74) is 3.70. The molecule has 3 heterocycles. The number of ether oxygens (including phenoxy) is 1. The Morgan fingerprint density at radius 3 is 2.69 bits per heavy atom. The van der Waals surface area contributed by atoms with Crippen LogP contribution < -0.4 is 10.2 Å². The van der Waals surface area contributed by atoms with Crippen LogP contribution in [0.1, 0.15) is 30.0 Å². The minimum atomic E-state index is -1.12. The minimum absolute atomic E-state index is 0.105. The summed E-state index contributed by atoms with van der Waals surface area (Å²) in [6.45, 7) is 2.61. The van der Waals surface area contributed by atoms with E-state index in [-0.39, 0.29) is 12.6 Å². The molecular weight excluding hydrogens is 541 g/mol. The van der Waals surface area contributed by atoms with Gasteiger partial charge in [-0.1, -0.05) is 29.5 Å². The van der Waals surface area contributed by atoms with E-state index in [1.165, 1.54) is 44.9 Å². The number of nitrogens with zero attached hydrogens (tertiary/aromatic N) is 8. The summed E-state index contributed by atoms with van der Waals surface area (Å²) >= 11 is 0. The number of nitrogens with one attached hydrogen (secondary N) is 1. The van der Waals surface area contributed by atoms with Crippen LogP contribution in [0, 0.1) is 12.7 Å². The first kappa shape index (κ1) is 27.1. The molecule has 5 aromatic rings. The number of aromatic nitrogens is 7. The number of anilines is 1. The summed E-state index contributed by atoms with van der Waals surface area (Å²) in [5.74, 6) is -1.29. The van der Waals surface area contributed by atoms with Crippen LogP contribution in [-0.2, 0) is 20.9 Å². The molecule has 0 spiro atoms. The zero-order chi connectivity index (χ0) is 29.1. The van der Waals surface area contributed by atoms with E-state index in [9.17, 15) is 14.0 Å². The van der Waals surface area contributed by atoms with Gasteiger partial charge in [0.05, 0.1) is 17.3 Å². The fourth-order valence-electron chi connectivity index (χ4n) is 5.17. The smallest absolute Gasteiger partial charge is 0.249 e. The number of hydrogen-bond donors (Lipinski definition) is 1. The molecule has 214 valence electrons. The van der Waals surface area contributed by atoms with Gasteiger partial charge in [-0.2, -0.15) is 0 Å². The van der Waals surface area contributed by atoms with Crippen molar-refractivity contribution < 1.29 is 18.7 Å². The van der Waals surface area contributed by atoms with Gasteiger partial charge < -0.3 is 10.1 Å². The zero-order valence-corrected chi connectivity index (χ0v) is 22.8. The van der Waals surface area contributed by atoms with E-state index in [0.717, 1.165) is 18.4 Å². The molecule has 2 atom stereocenters. The van der Waals surface area contributed by atoms with E-state index >= 15 is 0 Å². The van der Waals surface area contributed by atoms with Crippen molar-refractivity contribution >= 4 is 28.5 Å². The Labute approximate surface area is 240 Å². The van der Waals surface area contributed by atoms with Crippen molar-refractivity contribution in [3.63, 3.8) is 0 Å². The van der Waals surface area contributed by atoms with Crippen molar-refractivity contribution in [2.24, 2.45) is 0 Å². The van der Waals surface area contributed by atoms with E-state index in [4.69, 9.17) is 4.74 Å². The van der Waals surface area contributed by atoms with Crippen LogP contribution in [0.3, 0.4) is 0 Å². The van der Waals surface area contributed by atoms with Crippen molar-refractivity contribution in [3.8, 4) is 5.69 Å². The molecule has 6 rings (SSSR count). The summed E-state index contributed by atoms with van der Waals surface area (Å²) in [6.07, 6.45) is 3.12. The van der Waals surface area contributed by atoms with Crippen LogP contribution in [0.5, 0.6) is 0 Å². The number of para-hydroxylation sites is 1. The van der Waals surface area contributed by atoms with E-state index in [2.05, 4.69) is 31.2 Å². The number of benzene rings is 3. The Morgan fingerprint density at radius 1 is 1.12 bits per heavy atom. The number of tetrazole rings is 1. The second-order valence-corrected chi connectivity index (χ2v) is 10.1. The quantitative estimate of drug-likeness (QED) is 0.287. The van der Waals surface area contributed by atoms with Crippen molar-refractivity contribution in [2.45, 2.75) is 38.5 Å². The van der Waals surface area contributed by atoms with E-state index in [0.29, 0.717) is 41.1 Å². The van der Waals surface area contributed by atoms with Gasteiger partial charge in [0.15, 0.2) is 0 Å². The highest BCUT2D eigenvalue weighted by Crippen LogP contribution is 2.31. The van der Waals surface area contributed by atoms with Gasteiger partial charge in [-0.25, -0.2) is 13.8 Å². The lowest BCUT2D eigenvalue weighted by atomic mass is 10.0. The Bertz CT molecular complexity index is 1700. The molecule has 13 heteroatoms. The maximum atomic E-state index is 14.2. The Hall–Kier alpha value is -5.04. The third-order valence-corrected chi connectivity index (χ3v) is 7.25. The standard InChI is InChI=1S/C29H28FN9O3/c1-19-15-22(12-13-25(19)38-18-32-34-36-38)39(27(40)17-37-26-7-3-2-6-24(26)33-35-37)28(20-8-10-21(30)11-9-20)29(41)31-16-23-5-4-14-42-23/h2-3,6-13,15,18,23,28H,4-5,14,16-17H2,1H3,(H,31,41). The monoisotopic (exact) mass is 569 g/mol. The Balaban J connectivity index is 1.42. The Kier molecular flexibility index (Phi) is 7.64. The predicted molar refractivity (Wildman–Crippen MR) is 150 cm³/mol. The summed E-state index contributed by atoms with van der Waals surface area (Å²) in [4.78, 5) is 29.6. The molecule has 0 aliphatic carbocycles. The Morgan fingerprint density at radius 2 is 1.95 bits per heavy atom. The molecule has 12 nitrogen and oxygen atoms in total. The number of rotatable bonds is 9. The van der Waals surface area contributed by atoms with Gasteiger partial charge in [0.2, 0.25) is 11.8 Å². The molecule has 1 saturated heterocycles. The maximum absolute atomic E-state index is 14.2. The van der Waals surface area contributed by atoms with Crippen LogP contribution in [0.4, 0.5) is 10.1 Å². The van der Waals surface area contributed by atoms with Crippen LogP contribution in [0.15, 0.2) is 73.1 Å². The third-order valence-electron chi connectivity index (χ3n) is 7.25. The number of aryl methyl sites for hydroxylation is 1. The molecule has 2 amide bonds. The molecule has 2 aromatic heterocycles. The van der Waals surface area contributed by atoms with Gasteiger partial charge in [0, 0.05) is 18.8 Å². The van der Waals surface area contributed by atoms with E-state index in [1.54, 1.807) is 18.2 Å². The zero-order valence-electron chi connectivity index (χ0n) is 22.8. The van der Waals surface area contributed by atoms with Gasteiger partial charge in [0.1, 0.15) is 30.2 Å². The summed E-state index contributed by atoms with van der Waals surface area (Å²) in [5, 5.41) is 22.7. The van der Waals surface area contributed by atoms with Gasteiger partial charge in [-0.15, -0.1) is 10.2 Å².